The molecular formula is C32H48O5. The Morgan fingerprint density at radius 2 is 1.62 bits per heavy atom. The van der Waals surface area contributed by atoms with Crippen molar-refractivity contribution in [3.05, 3.63) is 11.6 Å². The summed E-state index contributed by atoms with van der Waals surface area (Å²) in [5, 5.41) is 0. The minimum absolute atomic E-state index is 0.00166. The van der Waals surface area contributed by atoms with Gasteiger partial charge >= 0.3 is 5.97 Å². The van der Waals surface area contributed by atoms with E-state index in [9.17, 15) is 14.4 Å². The Morgan fingerprint density at radius 1 is 0.946 bits per heavy atom. The van der Waals surface area contributed by atoms with E-state index in [0.717, 1.165) is 51.4 Å². The Kier molecular flexibility index (Phi) is 6.05. The van der Waals surface area contributed by atoms with Gasteiger partial charge in [0.2, 0.25) is 0 Å². The van der Waals surface area contributed by atoms with Gasteiger partial charge in [-0.3, -0.25) is 14.4 Å². The fourth-order valence-corrected chi connectivity index (χ4v) is 10.7. The van der Waals surface area contributed by atoms with Crippen molar-refractivity contribution in [2.75, 3.05) is 20.8 Å². The minimum Gasteiger partial charge on any atom is -0.469 e. The number of esters is 1. The number of Topliss-reactive ketones (excluding diaryl/α,β-unsaturated/α-hetero) is 1. The number of hydrogen-bond donors (Lipinski definition) is 0. The number of hydrogen-bond acceptors (Lipinski definition) is 5. The molecule has 0 N–H and O–H groups in total. The van der Waals surface area contributed by atoms with Crippen LogP contribution in [0.2, 0.25) is 0 Å². The Hall–Kier alpha value is -1.49. The highest BCUT2D eigenvalue weighted by Gasteiger charge is 2.71. The monoisotopic (exact) mass is 512 g/mol. The molecule has 0 bridgehead atoms. The molecule has 5 heteroatoms. The lowest BCUT2D eigenvalue weighted by molar-refractivity contribution is -0.193. The highest BCUT2D eigenvalue weighted by atomic mass is 16.5. The van der Waals surface area contributed by atoms with Crippen LogP contribution in [-0.4, -0.2) is 38.4 Å². The summed E-state index contributed by atoms with van der Waals surface area (Å²) in [5.74, 6) is 0.390. The van der Waals surface area contributed by atoms with E-state index in [-0.39, 0.29) is 51.2 Å². The zero-order valence-corrected chi connectivity index (χ0v) is 24.4. The van der Waals surface area contributed by atoms with Crippen LogP contribution in [0.1, 0.15) is 99.3 Å². The SMILES string of the molecule is COC[C@]1(C)C(=O)CC[C@]2(C)C3=CC(=O)[C@@H]4[C@@H]5CC(C)(C)CC[C@]5(C(=O)OC)CC[C@@]4(C)[C@]3(C)CC[C@@H]12. The summed E-state index contributed by atoms with van der Waals surface area (Å²) in [5.41, 5.74) is -0.283. The molecule has 0 aromatic carbocycles. The molecule has 0 aromatic heterocycles. The van der Waals surface area contributed by atoms with Crippen molar-refractivity contribution in [1.82, 2.24) is 0 Å². The summed E-state index contributed by atoms with van der Waals surface area (Å²) in [6, 6.07) is 0. The first kappa shape index (κ1) is 27.1. The second kappa shape index (κ2) is 8.26. The Labute approximate surface area is 223 Å². The summed E-state index contributed by atoms with van der Waals surface area (Å²) < 4.78 is 11.0. The number of allylic oxidation sites excluding steroid dienone is 2. The predicted octanol–water partition coefficient (Wildman–Crippen LogP) is 6.34. The number of carbonyl (C=O) groups is 3. The van der Waals surface area contributed by atoms with Crippen LogP contribution in [0.25, 0.3) is 0 Å². The summed E-state index contributed by atoms with van der Waals surface area (Å²) in [6.07, 6.45) is 9.61. The molecule has 0 unspecified atom stereocenters. The first-order chi connectivity index (χ1) is 17.2. The van der Waals surface area contributed by atoms with Gasteiger partial charge in [-0.15, -0.1) is 0 Å². The highest BCUT2D eigenvalue weighted by molar-refractivity contribution is 5.96. The van der Waals surface area contributed by atoms with E-state index in [2.05, 4.69) is 41.5 Å². The lowest BCUT2D eigenvalue weighted by Gasteiger charge is -2.69. The van der Waals surface area contributed by atoms with Crippen LogP contribution in [0.5, 0.6) is 0 Å². The number of fused-ring (bicyclic) bond motifs is 7. The molecule has 0 radical (unpaired) electrons. The molecule has 37 heavy (non-hydrogen) atoms. The van der Waals surface area contributed by atoms with E-state index in [1.165, 1.54) is 12.7 Å². The number of carbonyl (C=O) groups excluding carboxylic acids is 3. The summed E-state index contributed by atoms with van der Waals surface area (Å²) >= 11 is 0. The third-order valence-electron chi connectivity index (χ3n) is 13.0. The van der Waals surface area contributed by atoms with Gasteiger partial charge in [0.05, 0.1) is 24.5 Å². The molecular weight excluding hydrogens is 464 g/mol. The zero-order valence-electron chi connectivity index (χ0n) is 24.4. The maximum Gasteiger partial charge on any atom is 0.312 e. The summed E-state index contributed by atoms with van der Waals surface area (Å²) in [7, 11) is 3.20. The van der Waals surface area contributed by atoms with Crippen LogP contribution < -0.4 is 0 Å². The van der Waals surface area contributed by atoms with Crippen LogP contribution in [0.15, 0.2) is 11.6 Å². The van der Waals surface area contributed by atoms with Crippen LogP contribution in [0.4, 0.5) is 0 Å². The maximum absolute atomic E-state index is 14.4. The van der Waals surface area contributed by atoms with Crippen molar-refractivity contribution in [1.29, 1.82) is 0 Å². The van der Waals surface area contributed by atoms with Gasteiger partial charge in [-0.1, -0.05) is 47.1 Å². The predicted molar refractivity (Wildman–Crippen MR) is 143 cm³/mol. The molecule has 0 aromatic rings. The van der Waals surface area contributed by atoms with E-state index in [4.69, 9.17) is 9.47 Å². The smallest absolute Gasteiger partial charge is 0.312 e. The maximum atomic E-state index is 14.4. The van der Waals surface area contributed by atoms with Gasteiger partial charge in [-0.05, 0) is 90.9 Å². The fraction of sp³-hybridized carbons (Fsp3) is 0.844. The van der Waals surface area contributed by atoms with Gasteiger partial charge in [0, 0.05) is 19.4 Å². The van der Waals surface area contributed by atoms with E-state index in [1.54, 1.807) is 7.11 Å². The topological polar surface area (TPSA) is 69.7 Å². The first-order valence-electron chi connectivity index (χ1n) is 14.5. The molecule has 206 valence electrons. The van der Waals surface area contributed by atoms with Crippen molar-refractivity contribution >= 4 is 17.5 Å². The standard InChI is InChI=1S/C32H48O5/c1-27(2)13-15-32(26(35)37-8)16-14-31(6)25(20(32)18-27)21(33)17-23-28(3)11-10-24(34)29(4,19-36-7)22(28)9-12-30(23,31)5/h17,20,22,25H,9-16,18-19H2,1-8H3/t20-,22+,25-,28-,29-,30+,31+,32-/m0/s1. The number of ether oxygens (including phenoxy) is 2. The Bertz CT molecular complexity index is 1060. The molecule has 0 saturated heterocycles. The Morgan fingerprint density at radius 3 is 2.27 bits per heavy atom. The van der Waals surface area contributed by atoms with Gasteiger partial charge < -0.3 is 9.47 Å². The molecule has 0 amide bonds. The van der Waals surface area contributed by atoms with Crippen LogP contribution >= 0.6 is 0 Å². The van der Waals surface area contributed by atoms with Gasteiger partial charge in [-0.2, -0.15) is 0 Å². The van der Waals surface area contributed by atoms with E-state index >= 15 is 0 Å². The summed E-state index contributed by atoms with van der Waals surface area (Å²) in [4.78, 5) is 41.0. The second-order valence-electron chi connectivity index (χ2n) is 15.1. The van der Waals surface area contributed by atoms with Crippen LogP contribution in [0.3, 0.4) is 0 Å². The number of methoxy groups -OCH3 is 2. The molecule has 5 aliphatic rings. The highest BCUT2D eigenvalue weighted by Crippen LogP contribution is 2.75. The first-order valence-corrected chi connectivity index (χ1v) is 14.5. The Balaban J connectivity index is 1.64. The van der Waals surface area contributed by atoms with E-state index < -0.39 is 10.8 Å². The van der Waals surface area contributed by atoms with Gasteiger partial charge in [0.15, 0.2) is 5.78 Å². The fourth-order valence-electron chi connectivity index (χ4n) is 10.7. The lowest BCUT2D eigenvalue weighted by atomic mass is 9.34. The van der Waals surface area contributed by atoms with E-state index in [1.807, 2.05) is 6.08 Å². The third-order valence-corrected chi connectivity index (χ3v) is 13.0. The normalized spacial score (nSPS) is 48.6. The van der Waals surface area contributed by atoms with Crippen LogP contribution in [-0.2, 0) is 23.9 Å². The van der Waals surface area contributed by atoms with Gasteiger partial charge in [-0.25, -0.2) is 0 Å². The molecule has 0 heterocycles. The third kappa shape index (κ3) is 3.34. The van der Waals surface area contributed by atoms with Crippen molar-refractivity contribution in [3.8, 4) is 0 Å². The molecule has 4 saturated carbocycles. The van der Waals surface area contributed by atoms with Gasteiger partial charge in [0.25, 0.3) is 0 Å². The zero-order chi connectivity index (χ0) is 27.2. The quantitative estimate of drug-likeness (QED) is 0.413. The lowest BCUT2D eigenvalue weighted by Crippen LogP contribution is -2.66. The molecule has 5 nitrogen and oxygen atoms in total. The largest absolute Gasteiger partial charge is 0.469 e. The van der Waals surface area contributed by atoms with Crippen molar-refractivity contribution < 1.29 is 23.9 Å². The molecule has 5 rings (SSSR count). The number of rotatable bonds is 3. The van der Waals surface area contributed by atoms with E-state index in [0.29, 0.717) is 18.8 Å². The number of ketones is 2. The molecule has 4 fully saturated rings. The summed E-state index contributed by atoms with van der Waals surface area (Å²) in [6.45, 7) is 14.2. The molecule has 0 spiro atoms. The average molecular weight is 513 g/mol. The van der Waals surface area contributed by atoms with Crippen molar-refractivity contribution in [2.45, 2.75) is 99.3 Å². The van der Waals surface area contributed by atoms with Crippen LogP contribution in [0, 0.1) is 50.2 Å². The molecule has 8 atom stereocenters. The molecule has 5 aliphatic carbocycles. The average Bonchev–Trinajstić information content (AvgIpc) is 2.82. The molecule has 0 aliphatic heterocycles. The van der Waals surface area contributed by atoms with Crippen molar-refractivity contribution in [3.63, 3.8) is 0 Å². The van der Waals surface area contributed by atoms with Gasteiger partial charge in [0.1, 0.15) is 5.78 Å². The van der Waals surface area contributed by atoms with Crippen molar-refractivity contribution in [2.24, 2.45) is 50.2 Å². The second-order valence-corrected chi connectivity index (χ2v) is 15.1. The minimum atomic E-state index is -0.554.